The van der Waals surface area contributed by atoms with E-state index in [-0.39, 0.29) is 11.9 Å². The van der Waals surface area contributed by atoms with Crippen molar-refractivity contribution in [2.75, 3.05) is 19.6 Å². The molecule has 0 spiro atoms. The third-order valence-corrected chi connectivity index (χ3v) is 7.88. The van der Waals surface area contributed by atoms with E-state index in [4.69, 9.17) is 10.1 Å². The summed E-state index contributed by atoms with van der Waals surface area (Å²) >= 11 is 0. The van der Waals surface area contributed by atoms with Crippen LogP contribution in [0.15, 0.2) is 54.7 Å². The number of rotatable bonds is 9. The number of hydrogen-bond donors (Lipinski definition) is 3. The lowest BCUT2D eigenvalue weighted by molar-refractivity contribution is 0.0943. The zero-order chi connectivity index (χ0) is 25.6. The van der Waals surface area contributed by atoms with Crippen molar-refractivity contribution >= 4 is 17.6 Å². The summed E-state index contributed by atoms with van der Waals surface area (Å²) in [7, 11) is 0. The zero-order valence-corrected chi connectivity index (χ0v) is 21.3. The van der Waals surface area contributed by atoms with E-state index >= 15 is 0 Å². The smallest absolute Gasteiger partial charge is 0.404 e. The summed E-state index contributed by atoms with van der Waals surface area (Å²) in [5.41, 5.74) is 3.48. The third kappa shape index (κ3) is 6.49. The molecular formula is C29H37N5O3. The monoisotopic (exact) mass is 503 g/mol. The van der Waals surface area contributed by atoms with Gasteiger partial charge < -0.3 is 15.7 Å². The van der Waals surface area contributed by atoms with Crippen LogP contribution in [0, 0.1) is 5.92 Å². The topological polar surface area (TPSA) is 99.0 Å². The van der Waals surface area contributed by atoms with Gasteiger partial charge in [0.25, 0.3) is 5.91 Å². The quantitative estimate of drug-likeness (QED) is 0.394. The molecule has 1 aliphatic heterocycles. The average Bonchev–Trinajstić information content (AvgIpc) is 3.53. The normalized spacial score (nSPS) is 19.6. The predicted octanol–water partition coefficient (Wildman–Crippen LogP) is 4.66. The molecule has 3 N–H and O–H groups in total. The molecule has 2 fully saturated rings. The number of carboxylic acid groups (broad SMARTS) is 1. The molecule has 3 aromatic rings. The Kier molecular flexibility index (Phi) is 8.04. The van der Waals surface area contributed by atoms with Crippen LogP contribution < -0.4 is 10.6 Å². The van der Waals surface area contributed by atoms with E-state index in [2.05, 4.69) is 39.8 Å². The molecule has 2 amide bonds. The lowest BCUT2D eigenvalue weighted by Crippen LogP contribution is -2.35. The second kappa shape index (κ2) is 11.8. The number of likely N-dealkylation sites (tertiary alicyclic amines) is 1. The minimum atomic E-state index is -0.983. The van der Waals surface area contributed by atoms with Gasteiger partial charge in [-0.15, -0.1) is 0 Å². The van der Waals surface area contributed by atoms with Gasteiger partial charge in [0.05, 0.1) is 5.69 Å². The van der Waals surface area contributed by atoms with Gasteiger partial charge in [-0.1, -0.05) is 68.5 Å². The van der Waals surface area contributed by atoms with E-state index < -0.39 is 6.09 Å². The SMILES string of the molecule is O=C(O)NC1CCN(Cc2cn3c(C(=O)NCC(CC4CCCCC4)c4ccccc4)cccc3n2)C1. The van der Waals surface area contributed by atoms with Gasteiger partial charge in [-0.2, -0.15) is 0 Å². The van der Waals surface area contributed by atoms with Gasteiger partial charge in [-0.3, -0.25) is 14.1 Å². The molecule has 1 aromatic carbocycles. The first-order chi connectivity index (χ1) is 18.0. The van der Waals surface area contributed by atoms with Crippen LogP contribution >= 0.6 is 0 Å². The van der Waals surface area contributed by atoms with Crippen LogP contribution in [0.2, 0.25) is 0 Å². The van der Waals surface area contributed by atoms with Crippen molar-refractivity contribution in [2.24, 2.45) is 5.92 Å². The molecule has 0 bridgehead atoms. The molecule has 8 heteroatoms. The standard InChI is InChI=1S/C29H37N5O3/c35-28(30-17-23(22-10-5-2-6-11-22)16-21-8-3-1-4-9-21)26-12-7-13-27-31-25(20-34(26)27)19-33-15-14-24(18-33)32-29(36)37/h2,5-7,10-13,20-21,23-24,32H,1,3-4,8-9,14-19H2,(H,30,35)(H,36,37). The Labute approximate surface area is 218 Å². The molecule has 1 aliphatic carbocycles. The summed E-state index contributed by atoms with van der Waals surface area (Å²) in [6.45, 7) is 2.71. The van der Waals surface area contributed by atoms with E-state index in [1.54, 1.807) is 0 Å². The molecular weight excluding hydrogens is 466 g/mol. The van der Waals surface area contributed by atoms with Crippen molar-refractivity contribution in [3.8, 4) is 0 Å². The largest absolute Gasteiger partial charge is 0.465 e. The lowest BCUT2D eigenvalue weighted by atomic mass is 9.80. The second-order valence-corrected chi connectivity index (χ2v) is 10.6. The minimum Gasteiger partial charge on any atom is -0.465 e. The number of pyridine rings is 1. The summed E-state index contributed by atoms with van der Waals surface area (Å²) in [5.74, 6) is 0.936. The molecule has 1 saturated heterocycles. The van der Waals surface area contributed by atoms with Crippen LogP contribution in [0.4, 0.5) is 4.79 Å². The fourth-order valence-electron chi connectivity index (χ4n) is 6.01. The van der Waals surface area contributed by atoms with Crippen molar-refractivity contribution < 1.29 is 14.7 Å². The number of hydrogen-bond acceptors (Lipinski definition) is 4. The number of fused-ring (bicyclic) bond motifs is 1. The van der Waals surface area contributed by atoms with E-state index in [1.165, 1.54) is 37.7 Å². The van der Waals surface area contributed by atoms with Gasteiger partial charge in [-0.05, 0) is 36.5 Å². The first-order valence-corrected chi connectivity index (χ1v) is 13.6. The molecule has 37 heavy (non-hydrogen) atoms. The minimum absolute atomic E-state index is 0.0537. The maximum atomic E-state index is 13.4. The van der Waals surface area contributed by atoms with E-state index in [1.807, 2.05) is 34.9 Å². The van der Waals surface area contributed by atoms with Crippen molar-refractivity contribution in [2.45, 2.75) is 63.5 Å². The number of nitrogens with one attached hydrogen (secondary N) is 2. The maximum absolute atomic E-state index is 13.4. The molecule has 3 heterocycles. The fourth-order valence-corrected chi connectivity index (χ4v) is 6.01. The van der Waals surface area contributed by atoms with E-state index in [9.17, 15) is 9.59 Å². The molecule has 2 aromatic heterocycles. The second-order valence-electron chi connectivity index (χ2n) is 10.6. The van der Waals surface area contributed by atoms with Gasteiger partial charge >= 0.3 is 6.09 Å². The van der Waals surface area contributed by atoms with Gasteiger partial charge in [-0.25, -0.2) is 9.78 Å². The Bertz CT molecular complexity index is 1200. The van der Waals surface area contributed by atoms with Crippen LogP contribution in [-0.4, -0.2) is 57.1 Å². The molecule has 5 rings (SSSR count). The van der Waals surface area contributed by atoms with E-state index in [0.29, 0.717) is 31.2 Å². The van der Waals surface area contributed by atoms with Crippen LogP contribution in [0.25, 0.3) is 5.65 Å². The number of amides is 2. The lowest BCUT2D eigenvalue weighted by Gasteiger charge is -2.27. The predicted molar refractivity (Wildman–Crippen MR) is 143 cm³/mol. The average molecular weight is 504 g/mol. The maximum Gasteiger partial charge on any atom is 0.404 e. The highest BCUT2D eigenvalue weighted by molar-refractivity contribution is 5.93. The molecule has 2 unspecified atom stereocenters. The van der Waals surface area contributed by atoms with Gasteiger partial charge in [0.15, 0.2) is 0 Å². The summed E-state index contributed by atoms with van der Waals surface area (Å²) in [6.07, 6.45) is 9.40. The number of aromatic nitrogens is 2. The first-order valence-electron chi connectivity index (χ1n) is 13.6. The molecule has 196 valence electrons. The number of carbonyl (C=O) groups excluding carboxylic acids is 1. The molecule has 8 nitrogen and oxygen atoms in total. The van der Waals surface area contributed by atoms with Crippen molar-refractivity contribution in [3.63, 3.8) is 0 Å². The summed E-state index contributed by atoms with van der Waals surface area (Å²) in [6, 6.07) is 16.1. The number of nitrogens with zero attached hydrogens (tertiary/aromatic N) is 3. The highest BCUT2D eigenvalue weighted by Gasteiger charge is 2.25. The Morgan fingerprint density at radius 1 is 1.03 bits per heavy atom. The molecule has 2 aliphatic rings. The van der Waals surface area contributed by atoms with Crippen LogP contribution in [0.5, 0.6) is 0 Å². The van der Waals surface area contributed by atoms with Crippen LogP contribution in [0.3, 0.4) is 0 Å². The van der Waals surface area contributed by atoms with Crippen LogP contribution in [0.1, 0.15) is 72.6 Å². The Morgan fingerprint density at radius 2 is 1.84 bits per heavy atom. The number of imidazole rings is 1. The van der Waals surface area contributed by atoms with Gasteiger partial charge in [0, 0.05) is 44.3 Å². The van der Waals surface area contributed by atoms with Crippen molar-refractivity contribution in [3.05, 3.63) is 71.7 Å². The van der Waals surface area contributed by atoms with Crippen molar-refractivity contribution in [1.82, 2.24) is 24.9 Å². The molecule has 0 radical (unpaired) electrons. The highest BCUT2D eigenvalue weighted by Crippen LogP contribution is 2.33. The summed E-state index contributed by atoms with van der Waals surface area (Å²) in [4.78, 5) is 31.2. The Hall–Kier alpha value is -3.39. The van der Waals surface area contributed by atoms with Crippen molar-refractivity contribution in [1.29, 1.82) is 0 Å². The zero-order valence-electron chi connectivity index (χ0n) is 21.3. The summed E-state index contributed by atoms with van der Waals surface area (Å²) < 4.78 is 1.87. The Morgan fingerprint density at radius 3 is 2.62 bits per heavy atom. The molecule has 1 saturated carbocycles. The fraction of sp³-hybridized carbons (Fsp3) is 0.483. The summed E-state index contributed by atoms with van der Waals surface area (Å²) in [5, 5.41) is 14.8. The number of carbonyl (C=O) groups is 2. The Balaban J connectivity index is 1.25. The van der Waals surface area contributed by atoms with E-state index in [0.717, 1.165) is 36.6 Å². The van der Waals surface area contributed by atoms with Gasteiger partial charge in [0.1, 0.15) is 11.3 Å². The van der Waals surface area contributed by atoms with Gasteiger partial charge in [0.2, 0.25) is 0 Å². The molecule has 2 atom stereocenters. The number of benzene rings is 1. The highest BCUT2D eigenvalue weighted by atomic mass is 16.4. The third-order valence-electron chi connectivity index (χ3n) is 7.88. The van der Waals surface area contributed by atoms with Crippen LogP contribution in [-0.2, 0) is 6.54 Å². The first kappa shape index (κ1) is 25.3.